The summed E-state index contributed by atoms with van der Waals surface area (Å²) in [6, 6.07) is -0.348. The average Bonchev–Trinajstić information content (AvgIpc) is 2.69. The predicted octanol–water partition coefficient (Wildman–Crippen LogP) is 0.202. The zero-order valence-electron chi connectivity index (χ0n) is 7.21. The SMILES string of the molecule is C[C@@H](N)C(=O)N(C)CC1CC1. The van der Waals surface area contributed by atoms with E-state index in [2.05, 4.69) is 0 Å². The quantitative estimate of drug-likeness (QED) is 0.634. The second-order valence-corrected chi connectivity index (χ2v) is 3.45. The van der Waals surface area contributed by atoms with Crippen LogP contribution < -0.4 is 5.73 Å². The van der Waals surface area contributed by atoms with E-state index >= 15 is 0 Å². The predicted molar refractivity (Wildman–Crippen MR) is 44.0 cm³/mol. The lowest BCUT2D eigenvalue weighted by Crippen LogP contribution is -2.40. The van der Waals surface area contributed by atoms with E-state index in [0.29, 0.717) is 0 Å². The Morgan fingerprint density at radius 1 is 1.73 bits per heavy atom. The van der Waals surface area contributed by atoms with Gasteiger partial charge in [0.1, 0.15) is 0 Å². The summed E-state index contributed by atoms with van der Waals surface area (Å²) < 4.78 is 0. The summed E-state index contributed by atoms with van der Waals surface area (Å²) in [5.74, 6) is 0.805. The smallest absolute Gasteiger partial charge is 0.238 e. The highest BCUT2D eigenvalue weighted by atomic mass is 16.2. The van der Waals surface area contributed by atoms with E-state index in [4.69, 9.17) is 5.73 Å². The van der Waals surface area contributed by atoms with Crippen LogP contribution in [0.25, 0.3) is 0 Å². The summed E-state index contributed by atoms with van der Waals surface area (Å²) in [4.78, 5) is 12.9. The van der Waals surface area contributed by atoms with Crippen LogP contribution in [0.5, 0.6) is 0 Å². The summed E-state index contributed by atoms with van der Waals surface area (Å²) in [5, 5.41) is 0. The number of carbonyl (C=O) groups excluding carboxylic acids is 1. The molecule has 0 bridgehead atoms. The summed E-state index contributed by atoms with van der Waals surface area (Å²) in [7, 11) is 1.82. The molecule has 3 nitrogen and oxygen atoms in total. The summed E-state index contributed by atoms with van der Waals surface area (Å²) in [5.41, 5.74) is 5.44. The van der Waals surface area contributed by atoms with Crippen molar-refractivity contribution in [1.29, 1.82) is 0 Å². The molecule has 0 aromatic rings. The number of hydrogen-bond donors (Lipinski definition) is 1. The number of rotatable bonds is 3. The van der Waals surface area contributed by atoms with Gasteiger partial charge in [0.15, 0.2) is 0 Å². The third-order valence-corrected chi connectivity index (χ3v) is 1.99. The number of nitrogens with zero attached hydrogens (tertiary/aromatic N) is 1. The molecule has 64 valence electrons. The van der Waals surface area contributed by atoms with Crippen LogP contribution in [-0.4, -0.2) is 30.4 Å². The van der Waals surface area contributed by atoms with Gasteiger partial charge in [-0.3, -0.25) is 4.79 Å². The van der Waals surface area contributed by atoms with Crippen LogP contribution in [-0.2, 0) is 4.79 Å². The van der Waals surface area contributed by atoms with E-state index in [9.17, 15) is 4.79 Å². The van der Waals surface area contributed by atoms with Crippen LogP contribution in [0.3, 0.4) is 0 Å². The highest BCUT2D eigenvalue weighted by Gasteiger charge is 2.25. The molecule has 0 saturated heterocycles. The first-order valence-corrected chi connectivity index (χ1v) is 4.12. The van der Waals surface area contributed by atoms with Crippen LogP contribution in [0.4, 0.5) is 0 Å². The second-order valence-electron chi connectivity index (χ2n) is 3.45. The Balaban J connectivity index is 2.26. The number of likely N-dealkylation sites (N-methyl/N-ethyl adjacent to an activating group) is 1. The molecule has 0 unspecified atom stereocenters. The summed E-state index contributed by atoms with van der Waals surface area (Å²) in [6.45, 7) is 2.62. The number of amides is 1. The number of hydrogen-bond acceptors (Lipinski definition) is 2. The summed E-state index contributed by atoms with van der Waals surface area (Å²) >= 11 is 0. The van der Waals surface area contributed by atoms with Crippen molar-refractivity contribution in [3.8, 4) is 0 Å². The molecule has 0 aromatic carbocycles. The maximum absolute atomic E-state index is 11.2. The molecule has 1 atom stereocenters. The molecule has 1 saturated carbocycles. The van der Waals surface area contributed by atoms with Crippen LogP contribution in [0, 0.1) is 5.92 Å². The standard InChI is InChI=1S/C8H16N2O/c1-6(9)8(11)10(2)5-7-3-4-7/h6-7H,3-5,9H2,1-2H3/t6-/m1/s1. The fourth-order valence-corrected chi connectivity index (χ4v) is 1.13. The number of nitrogens with two attached hydrogens (primary N) is 1. The van der Waals surface area contributed by atoms with E-state index in [1.54, 1.807) is 11.8 Å². The first-order chi connectivity index (χ1) is 5.11. The van der Waals surface area contributed by atoms with E-state index in [1.807, 2.05) is 7.05 Å². The second kappa shape index (κ2) is 3.22. The van der Waals surface area contributed by atoms with E-state index in [-0.39, 0.29) is 11.9 Å². The Hall–Kier alpha value is -0.570. The molecule has 1 rings (SSSR count). The number of carbonyl (C=O) groups is 1. The third kappa shape index (κ3) is 2.50. The Kier molecular flexibility index (Phi) is 2.49. The maximum atomic E-state index is 11.2. The molecule has 11 heavy (non-hydrogen) atoms. The van der Waals surface area contributed by atoms with Crippen molar-refractivity contribution in [1.82, 2.24) is 4.90 Å². The third-order valence-electron chi connectivity index (χ3n) is 1.99. The van der Waals surface area contributed by atoms with Crippen LogP contribution in [0.2, 0.25) is 0 Å². The van der Waals surface area contributed by atoms with Gasteiger partial charge in [0, 0.05) is 13.6 Å². The van der Waals surface area contributed by atoms with Crippen LogP contribution in [0.1, 0.15) is 19.8 Å². The average molecular weight is 156 g/mol. The van der Waals surface area contributed by atoms with Gasteiger partial charge in [-0.25, -0.2) is 0 Å². The molecule has 3 heteroatoms. The minimum Gasteiger partial charge on any atom is -0.344 e. The molecule has 1 amide bonds. The molecule has 0 radical (unpaired) electrons. The lowest BCUT2D eigenvalue weighted by molar-refractivity contribution is -0.131. The molecule has 0 spiro atoms. The van der Waals surface area contributed by atoms with Gasteiger partial charge < -0.3 is 10.6 Å². The molecule has 1 fully saturated rings. The Morgan fingerprint density at radius 3 is 2.64 bits per heavy atom. The highest BCUT2D eigenvalue weighted by Crippen LogP contribution is 2.29. The van der Waals surface area contributed by atoms with Gasteiger partial charge in [-0.2, -0.15) is 0 Å². The zero-order valence-corrected chi connectivity index (χ0v) is 7.21. The zero-order chi connectivity index (χ0) is 8.43. The maximum Gasteiger partial charge on any atom is 0.238 e. The van der Waals surface area contributed by atoms with Crippen molar-refractivity contribution in [3.05, 3.63) is 0 Å². The Bertz CT molecular complexity index is 152. The van der Waals surface area contributed by atoms with E-state index < -0.39 is 0 Å². The highest BCUT2D eigenvalue weighted by molar-refractivity contribution is 5.80. The van der Waals surface area contributed by atoms with Crippen molar-refractivity contribution >= 4 is 5.91 Å². The van der Waals surface area contributed by atoms with Crippen molar-refractivity contribution < 1.29 is 4.79 Å². The Labute approximate surface area is 67.5 Å². The molecular weight excluding hydrogens is 140 g/mol. The fourth-order valence-electron chi connectivity index (χ4n) is 1.13. The van der Waals surface area contributed by atoms with Gasteiger partial charge in [0.25, 0.3) is 0 Å². The summed E-state index contributed by atoms with van der Waals surface area (Å²) in [6.07, 6.45) is 2.55. The van der Waals surface area contributed by atoms with Crippen molar-refractivity contribution in [2.45, 2.75) is 25.8 Å². The molecule has 0 heterocycles. The first kappa shape index (κ1) is 8.53. The van der Waals surface area contributed by atoms with Crippen LogP contribution >= 0.6 is 0 Å². The van der Waals surface area contributed by atoms with Gasteiger partial charge in [-0.1, -0.05) is 0 Å². The lowest BCUT2D eigenvalue weighted by Gasteiger charge is -2.18. The minimum absolute atomic E-state index is 0.0527. The molecule has 1 aliphatic carbocycles. The van der Waals surface area contributed by atoms with Gasteiger partial charge in [0.2, 0.25) is 5.91 Å². The Morgan fingerprint density at radius 2 is 2.27 bits per heavy atom. The molecule has 0 aromatic heterocycles. The fraction of sp³-hybridized carbons (Fsp3) is 0.875. The minimum atomic E-state index is -0.348. The van der Waals surface area contributed by atoms with Gasteiger partial charge >= 0.3 is 0 Å². The van der Waals surface area contributed by atoms with Gasteiger partial charge in [-0.15, -0.1) is 0 Å². The molecule has 0 aliphatic heterocycles. The van der Waals surface area contributed by atoms with Crippen molar-refractivity contribution in [2.24, 2.45) is 11.7 Å². The topological polar surface area (TPSA) is 46.3 Å². The van der Waals surface area contributed by atoms with Gasteiger partial charge in [-0.05, 0) is 25.7 Å². The first-order valence-electron chi connectivity index (χ1n) is 4.12. The molecular formula is C8H16N2O. The monoisotopic (exact) mass is 156 g/mol. The van der Waals surface area contributed by atoms with Crippen molar-refractivity contribution in [3.63, 3.8) is 0 Å². The lowest BCUT2D eigenvalue weighted by atomic mass is 10.3. The van der Waals surface area contributed by atoms with E-state index in [1.165, 1.54) is 12.8 Å². The van der Waals surface area contributed by atoms with Crippen molar-refractivity contribution in [2.75, 3.05) is 13.6 Å². The molecule has 1 aliphatic rings. The van der Waals surface area contributed by atoms with Crippen LogP contribution in [0.15, 0.2) is 0 Å². The molecule has 2 N–H and O–H groups in total. The van der Waals surface area contributed by atoms with Gasteiger partial charge in [0.05, 0.1) is 6.04 Å². The largest absolute Gasteiger partial charge is 0.344 e. The normalized spacial score (nSPS) is 19.5. The van der Waals surface area contributed by atoms with E-state index in [0.717, 1.165) is 12.5 Å².